The molecule has 0 aromatic carbocycles. The Morgan fingerprint density at radius 1 is 1.33 bits per heavy atom. The average molecular weight is 433 g/mol. The summed E-state index contributed by atoms with van der Waals surface area (Å²) < 4.78 is 43.7. The van der Waals surface area contributed by atoms with Crippen LogP contribution in [0.15, 0.2) is 24.4 Å². The van der Waals surface area contributed by atoms with Crippen LogP contribution in [0.1, 0.15) is 23.3 Å². The Hall–Kier alpha value is -2.24. The van der Waals surface area contributed by atoms with Gasteiger partial charge in [-0.1, -0.05) is 6.07 Å². The molecule has 1 saturated carbocycles. The molecule has 8 nitrogen and oxygen atoms in total. The minimum Gasteiger partial charge on any atom is -0.475 e. The van der Waals surface area contributed by atoms with Crippen molar-refractivity contribution in [3.05, 3.63) is 30.1 Å². The molecule has 1 aromatic rings. The van der Waals surface area contributed by atoms with Crippen LogP contribution in [-0.4, -0.2) is 96.6 Å². The van der Waals surface area contributed by atoms with Gasteiger partial charge in [0.25, 0.3) is 5.91 Å². The summed E-state index contributed by atoms with van der Waals surface area (Å²) in [5.41, 5.74) is 0.505. The third-order valence-corrected chi connectivity index (χ3v) is 4.79. The van der Waals surface area contributed by atoms with Crippen LogP contribution in [-0.2, 0) is 14.3 Å². The molecule has 2 heterocycles. The van der Waals surface area contributed by atoms with Crippen LogP contribution >= 0.6 is 0 Å². The summed E-state index contributed by atoms with van der Waals surface area (Å²) in [6.45, 7) is 2.77. The van der Waals surface area contributed by atoms with Crippen LogP contribution in [0.2, 0.25) is 0 Å². The number of likely N-dealkylation sites (N-methyl/N-ethyl adjacent to an activating group) is 1. The number of morpholine rings is 1. The van der Waals surface area contributed by atoms with Crippen molar-refractivity contribution in [1.82, 2.24) is 14.8 Å². The molecule has 1 aromatic heterocycles. The molecule has 0 bridgehead atoms. The zero-order valence-electron chi connectivity index (χ0n) is 16.8. The normalized spacial score (nSPS) is 23.5. The van der Waals surface area contributed by atoms with Gasteiger partial charge in [0.05, 0.1) is 25.4 Å². The number of alkyl halides is 3. The summed E-state index contributed by atoms with van der Waals surface area (Å²) in [5.74, 6) is -2.76. The summed E-state index contributed by atoms with van der Waals surface area (Å²) in [6, 6.07) is 5.54. The first-order chi connectivity index (χ1) is 14.1. The molecule has 1 amide bonds. The lowest BCUT2D eigenvalue weighted by Gasteiger charge is -2.39. The van der Waals surface area contributed by atoms with Gasteiger partial charge in [-0.15, -0.1) is 0 Å². The second kappa shape index (κ2) is 10.7. The highest BCUT2D eigenvalue weighted by Gasteiger charge is 2.45. The Kier molecular flexibility index (Phi) is 8.56. The van der Waals surface area contributed by atoms with E-state index in [1.807, 2.05) is 31.1 Å². The van der Waals surface area contributed by atoms with Gasteiger partial charge in [-0.3, -0.25) is 9.78 Å². The highest BCUT2D eigenvalue weighted by molar-refractivity contribution is 5.92. The van der Waals surface area contributed by atoms with Gasteiger partial charge in [0.2, 0.25) is 0 Å². The molecule has 0 radical (unpaired) electrons. The number of halogens is 3. The van der Waals surface area contributed by atoms with E-state index in [4.69, 9.17) is 19.4 Å². The number of hydrogen-bond donors (Lipinski definition) is 1. The van der Waals surface area contributed by atoms with Gasteiger partial charge in [-0.2, -0.15) is 13.2 Å². The first kappa shape index (κ1) is 24.0. The Balaban J connectivity index is 0.000000396. The van der Waals surface area contributed by atoms with Crippen molar-refractivity contribution in [2.24, 2.45) is 0 Å². The molecule has 1 aliphatic heterocycles. The molecule has 3 rings (SSSR count). The molecule has 1 aliphatic carbocycles. The number of ether oxygens (including phenoxy) is 2. The largest absolute Gasteiger partial charge is 0.490 e. The number of nitrogens with zero attached hydrogens (tertiary/aromatic N) is 3. The number of fused-ring (bicyclic) bond motifs is 1. The molecule has 1 N–H and O–H groups in total. The molecule has 30 heavy (non-hydrogen) atoms. The predicted molar refractivity (Wildman–Crippen MR) is 100 cm³/mol. The number of aromatic nitrogens is 1. The fourth-order valence-corrected chi connectivity index (χ4v) is 3.37. The van der Waals surface area contributed by atoms with Gasteiger partial charge in [0.1, 0.15) is 11.8 Å². The Labute approximate surface area is 172 Å². The molecule has 11 heteroatoms. The summed E-state index contributed by atoms with van der Waals surface area (Å²) >= 11 is 0. The summed E-state index contributed by atoms with van der Waals surface area (Å²) in [7, 11) is 4.07. The Bertz CT molecular complexity index is 702. The van der Waals surface area contributed by atoms with Gasteiger partial charge in [0, 0.05) is 19.3 Å². The standard InChI is InChI=1S/C17H25N3O3.C2HF3O2/c1-19(2)9-11-22-15-7-6-14-16(15)23-12-10-20(14)17(21)13-5-3-4-8-18-13;3-2(4,5)1(6)7/h3-5,8,14-16H,6-7,9-12H2,1-2H3;(H,6,7)/t14-,15+,16+;/m0./s1. The number of carbonyl (C=O) groups is 2. The summed E-state index contributed by atoms with van der Waals surface area (Å²) in [4.78, 5) is 29.8. The third-order valence-electron chi connectivity index (χ3n) is 4.79. The van der Waals surface area contributed by atoms with Crippen molar-refractivity contribution < 1.29 is 37.3 Å². The maximum atomic E-state index is 12.7. The number of carbonyl (C=O) groups excluding carboxylic acids is 1. The zero-order chi connectivity index (χ0) is 22.3. The summed E-state index contributed by atoms with van der Waals surface area (Å²) in [6.07, 6.45) is -1.49. The Morgan fingerprint density at radius 2 is 2.03 bits per heavy atom. The minimum atomic E-state index is -5.08. The van der Waals surface area contributed by atoms with E-state index in [1.165, 1.54) is 0 Å². The molecule has 3 atom stereocenters. The monoisotopic (exact) mass is 433 g/mol. The zero-order valence-corrected chi connectivity index (χ0v) is 16.8. The maximum absolute atomic E-state index is 12.7. The average Bonchev–Trinajstić information content (AvgIpc) is 3.11. The SMILES string of the molecule is CN(C)CCO[C@@H]1CC[C@H]2[C@H]1OCCN2C(=O)c1ccccn1.O=C(O)C(F)(F)F. The molecule has 1 saturated heterocycles. The number of amides is 1. The Morgan fingerprint density at radius 3 is 2.60 bits per heavy atom. The van der Waals surface area contributed by atoms with E-state index < -0.39 is 12.1 Å². The van der Waals surface area contributed by atoms with Crippen LogP contribution in [0.3, 0.4) is 0 Å². The number of carboxylic acids is 1. The minimum absolute atomic E-state index is 0.00200. The van der Waals surface area contributed by atoms with Crippen molar-refractivity contribution in [2.45, 2.75) is 37.3 Å². The van der Waals surface area contributed by atoms with Gasteiger partial charge < -0.3 is 24.4 Å². The molecule has 2 aliphatic rings. The molecular formula is C19H26F3N3O5. The second-order valence-electron chi connectivity index (χ2n) is 7.21. The van der Waals surface area contributed by atoms with Crippen molar-refractivity contribution in [2.75, 3.05) is 40.4 Å². The van der Waals surface area contributed by atoms with Crippen LogP contribution in [0.25, 0.3) is 0 Å². The van der Waals surface area contributed by atoms with Gasteiger partial charge in [-0.25, -0.2) is 4.79 Å². The maximum Gasteiger partial charge on any atom is 0.490 e. The van der Waals surface area contributed by atoms with Crippen LogP contribution in [0.4, 0.5) is 13.2 Å². The van der Waals surface area contributed by atoms with Crippen molar-refractivity contribution >= 4 is 11.9 Å². The second-order valence-corrected chi connectivity index (χ2v) is 7.21. The topological polar surface area (TPSA) is 92.2 Å². The van der Waals surface area contributed by atoms with Crippen LogP contribution < -0.4 is 0 Å². The van der Waals surface area contributed by atoms with Crippen molar-refractivity contribution in [3.63, 3.8) is 0 Å². The van der Waals surface area contributed by atoms with E-state index in [1.54, 1.807) is 12.3 Å². The number of pyridine rings is 1. The third kappa shape index (κ3) is 6.64. The van der Waals surface area contributed by atoms with Crippen LogP contribution in [0, 0.1) is 0 Å². The highest BCUT2D eigenvalue weighted by atomic mass is 19.4. The van der Waals surface area contributed by atoms with E-state index in [9.17, 15) is 18.0 Å². The lowest BCUT2D eigenvalue weighted by atomic mass is 10.1. The molecular weight excluding hydrogens is 407 g/mol. The number of hydrogen-bond acceptors (Lipinski definition) is 6. The van der Waals surface area contributed by atoms with E-state index in [0.717, 1.165) is 19.4 Å². The quantitative estimate of drug-likeness (QED) is 0.755. The van der Waals surface area contributed by atoms with Crippen LogP contribution in [0.5, 0.6) is 0 Å². The molecule has 0 unspecified atom stereocenters. The first-order valence-corrected chi connectivity index (χ1v) is 9.51. The molecule has 2 fully saturated rings. The van der Waals surface area contributed by atoms with Crippen molar-refractivity contribution in [3.8, 4) is 0 Å². The number of aliphatic carboxylic acids is 1. The van der Waals surface area contributed by atoms with E-state index in [0.29, 0.717) is 25.5 Å². The van der Waals surface area contributed by atoms with E-state index in [2.05, 4.69) is 9.88 Å². The fraction of sp³-hybridized carbons (Fsp3) is 0.632. The molecule has 0 spiro atoms. The first-order valence-electron chi connectivity index (χ1n) is 9.51. The highest BCUT2D eigenvalue weighted by Crippen LogP contribution is 2.32. The van der Waals surface area contributed by atoms with Gasteiger partial charge in [-0.05, 0) is 39.1 Å². The fourth-order valence-electron chi connectivity index (χ4n) is 3.37. The number of rotatable bonds is 5. The van der Waals surface area contributed by atoms with E-state index >= 15 is 0 Å². The summed E-state index contributed by atoms with van der Waals surface area (Å²) in [5, 5.41) is 7.12. The van der Waals surface area contributed by atoms with E-state index in [-0.39, 0.29) is 24.2 Å². The smallest absolute Gasteiger partial charge is 0.475 e. The van der Waals surface area contributed by atoms with Gasteiger partial charge >= 0.3 is 12.1 Å². The predicted octanol–water partition coefficient (Wildman–Crippen LogP) is 1.67. The van der Waals surface area contributed by atoms with Crippen molar-refractivity contribution in [1.29, 1.82) is 0 Å². The number of carboxylic acid groups (broad SMARTS) is 1. The lowest BCUT2D eigenvalue weighted by Crippen LogP contribution is -2.54. The lowest BCUT2D eigenvalue weighted by molar-refractivity contribution is -0.192. The van der Waals surface area contributed by atoms with Gasteiger partial charge in [0.15, 0.2) is 0 Å². The molecule has 168 valence electrons.